The van der Waals surface area contributed by atoms with Crippen LogP contribution in [0.1, 0.15) is 45.7 Å². The summed E-state index contributed by atoms with van der Waals surface area (Å²) in [7, 11) is 0. The number of H-pyrrole nitrogens is 1. The monoisotopic (exact) mass is 181 g/mol. The van der Waals surface area contributed by atoms with Gasteiger partial charge in [-0.3, -0.25) is 5.10 Å². The molecule has 3 nitrogen and oxygen atoms in total. The lowest BCUT2D eigenvalue weighted by Gasteiger charge is -2.28. The highest BCUT2D eigenvalue weighted by Crippen LogP contribution is 2.34. The van der Waals surface area contributed by atoms with Crippen LogP contribution >= 0.6 is 0 Å². The smallest absolute Gasteiger partial charge is 0.145 e. The van der Waals surface area contributed by atoms with Crippen LogP contribution < -0.4 is 5.73 Å². The van der Waals surface area contributed by atoms with E-state index >= 15 is 0 Å². The second kappa shape index (κ2) is 3.81. The molecule has 0 fully saturated rings. The Morgan fingerprint density at radius 2 is 1.85 bits per heavy atom. The Morgan fingerprint density at radius 1 is 1.31 bits per heavy atom. The molecule has 1 aromatic heterocycles. The number of nitrogens with one attached hydrogen (secondary N) is 1. The van der Waals surface area contributed by atoms with Crippen LogP contribution in [0.4, 0.5) is 5.82 Å². The molecule has 3 heteroatoms. The van der Waals surface area contributed by atoms with Crippen molar-refractivity contribution < 1.29 is 0 Å². The summed E-state index contributed by atoms with van der Waals surface area (Å²) in [4.78, 5) is 0. The Morgan fingerprint density at radius 3 is 2.15 bits per heavy atom. The van der Waals surface area contributed by atoms with Gasteiger partial charge in [0.1, 0.15) is 5.82 Å². The second-order valence-electron chi connectivity index (χ2n) is 3.55. The molecule has 0 radical (unpaired) electrons. The molecule has 0 bridgehead atoms. The lowest BCUT2D eigenvalue weighted by molar-refractivity contribution is 0.370. The average Bonchev–Trinajstić information content (AvgIpc) is 2.57. The first-order valence-electron chi connectivity index (χ1n) is 5.00. The standard InChI is InChI=1S/C10H19N3/c1-4-10(5-2,6-3)8-7-9(11)13-12-8/h7H,4-6H2,1-3H3,(H3,11,12,13). The van der Waals surface area contributed by atoms with Crippen molar-refractivity contribution in [1.29, 1.82) is 0 Å². The van der Waals surface area contributed by atoms with Crippen LogP contribution in [0.5, 0.6) is 0 Å². The molecule has 0 unspecified atom stereocenters. The van der Waals surface area contributed by atoms with E-state index in [1.807, 2.05) is 6.07 Å². The zero-order valence-electron chi connectivity index (χ0n) is 8.72. The molecule has 0 spiro atoms. The number of nitrogen functional groups attached to an aromatic ring is 1. The molecule has 0 aliphatic rings. The zero-order valence-corrected chi connectivity index (χ0v) is 8.72. The quantitative estimate of drug-likeness (QED) is 0.749. The van der Waals surface area contributed by atoms with Crippen molar-refractivity contribution in [2.24, 2.45) is 0 Å². The fourth-order valence-electron chi connectivity index (χ4n) is 1.93. The first kappa shape index (κ1) is 10.1. The molecule has 0 aliphatic carbocycles. The fourth-order valence-corrected chi connectivity index (χ4v) is 1.93. The molecule has 13 heavy (non-hydrogen) atoms. The number of nitrogens with zero attached hydrogens (tertiary/aromatic N) is 1. The minimum atomic E-state index is 0.241. The maximum Gasteiger partial charge on any atom is 0.145 e. The lowest BCUT2D eigenvalue weighted by atomic mass is 9.77. The maximum atomic E-state index is 5.60. The topological polar surface area (TPSA) is 54.7 Å². The summed E-state index contributed by atoms with van der Waals surface area (Å²) in [5, 5.41) is 7.00. The van der Waals surface area contributed by atoms with Crippen LogP contribution in [-0.2, 0) is 5.41 Å². The summed E-state index contributed by atoms with van der Waals surface area (Å²) in [6.45, 7) is 6.64. The van der Waals surface area contributed by atoms with E-state index in [0.29, 0.717) is 5.82 Å². The van der Waals surface area contributed by atoms with Gasteiger partial charge in [0.25, 0.3) is 0 Å². The predicted molar refractivity (Wildman–Crippen MR) is 55.6 cm³/mol. The summed E-state index contributed by atoms with van der Waals surface area (Å²) in [5.41, 5.74) is 7.02. The Balaban J connectivity index is 3.00. The van der Waals surface area contributed by atoms with Gasteiger partial charge in [0.2, 0.25) is 0 Å². The number of hydrogen-bond acceptors (Lipinski definition) is 2. The number of nitrogens with two attached hydrogens (primary N) is 1. The number of rotatable bonds is 4. The van der Waals surface area contributed by atoms with Crippen molar-refractivity contribution in [3.05, 3.63) is 11.8 Å². The summed E-state index contributed by atoms with van der Waals surface area (Å²) >= 11 is 0. The largest absolute Gasteiger partial charge is 0.382 e. The van der Waals surface area contributed by atoms with Crippen LogP contribution in [0.25, 0.3) is 0 Å². The Labute approximate surface area is 79.7 Å². The van der Waals surface area contributed by atoms with Crippen LogP contribution in [0.2, 0.25) is 0 Å². The van der Waals surface area contributed by atoms with Crippen molar-refractivity contribution in [2.45, 2.75) is 45.4 Å². The molecule has 0 aliphatic heterocycles. The number of aromatic nitrogens is 2. The van der Waals surface area contributed by atoms with Crippen molar-refractivity contribution in [3.8, 4) is 0 Å². The van der Waals surface area contributed by atoms with Gasteiger partial charge in [-0.1, -0.05) is 20.8 Å². The minimum Gasteiger partial charge on any atom is -0.382 e. The highest BCUT2D eigenvalue weighted by Gasteiger charge is 2.27. The molecule has 0 atom stereocenters. The third kappa shape index (κ3) is 1.69. The number of aromatic amines is 1. The summed E-state index contributed by atoms with van der Waals surface area (Å²) in [6.07, 6.45) is 3.38. The van der Waals surface area contributed by atoms with Crippen LogP contribution in [0, 0.1) is 0 Å². The molecule has 1 rings (SSSR count). The van der Waals surface area contributed by atoms with Crippen LogP contribution in [-0.4, -0.2) is 10.2 Å². The van der Waals surface area contributed by atoms with E-state index in [9.17, 15) is 0 Å². The molecular weight excluding hydrogens is 162 g/mol. The Kier molecular flexibility index (Phi) is 2.96. The summed E-state index contributed by atoms with van der Waals surface area (Å²) in [5.74, 6) is 0.592. The summed E-state index contributed by atoms with van der Waals surface area (Å²) < 4.78 is 0. The first-order valence-corrected chi connectivity index (χ1v) is 5.00. The van der Waals surface area contributed by atoms with Crippen LogP contribution in [0.3, 0.4) is 0 Å². The third-order valence-electron chi connectivity index (χ3n) is 3.20. The normalized spacial score (nSPS) is 11.9. The van der Waals surface area contributed by atoms with E-state index in [1.165, 1.54) is 5.69 Å². The average molecular weight is 181 g/mol. The zero-order chi connectivity index (χ0) is 9.90. The van der Waals surface area contributed by atoms with Crippen LogP contribution in [0.15, 0.2) is 6.07 Å². The van der Waals surface area contributed by atoms with E-state index in [4.69, 9.17) is 5.73 Å². The molecule has 3 N–H and O–H groups in total. The summed E-state index contributed by atoms with van der Waals surface area (Å²) in [6, 6.07) is 1.95. The Bertz CT molecular complexity index is 253. The van der Waals surface area contributed by atoms with Gasteiger partial charge in [-0.2, -0.15) is 5.10 Å². The molecule has 1 heterocycles. The van der Waals surface area contributed by atoms with Gasteiger partial charge >= 0.3 is 0 Å². The molecule has 1 aromatic rings. The van der Waals surface area contributed by atoms with E-state index < -0.39 is 0 Å². The second-order valence-corrected chi connectivity index (χ2v) is 3.55. The SMILES string of the molecule is CCC(CC)(CC)c1cc(N)n[nH]1. The van der Waals surface area contributed by atoms with Crippen molar-refractivity contribution in [3.63, 3.8) is 0 Å². The fraction of sp³-hybridized carbons (Fsp3) is 0.700. The third-order valence-corrected chi connectivity index (χ3v) is 3.20. The highest BCUT2D eigenvalue weighted by molar-refractivity contribution is 5.32. The van der Waals surface area contributed by atoms with E-state index in [1.54, 1.807) is 0 Å². The van der Waals surface area contributed by atoms with Gasteiger partial charge in [0, 0.05) is 17.2 Å². The van der Waals surface area contributed by atoms with E-state index in [-0.39, 0.29) is 5.41 Å². The maximum absolute atomic E-state index is 5.60. The van der Waals surface area contributed by atoms with Gasteiger partial charge in [-0.25, -0.2) is 0 Å². The van der Waals surface area contributed by atoms with E-state index in [2.05, 4.69) is 31.0 Å². The molecule has 0 aromatic carbocycles. The number of hydrogen-bond donors (Lipinski definition) is 2. The molecule has 0 saturated carbocycles. The predicted octanol–water partition coefficient (Wildman–Crippen LogP) is 2.46. The van der Waals surface area contributed by atoms with Gasteiger partial charge in [0.15, 0.2) is 0 Å². The van der Waals surface area contributed by atoms with Gasteiger partial charge in [-0.05, 0) is 19.3 Å². The van der Waals surface area contributed by atoms with Crippen molar-refractivity contribution in [2.75, 3.05) is 5.73 Å². The molecule has 0 amide bonds. The first-order chi connectivity index (χ1) is 6.18. The number of anilines is 1. The van der Waals surface area contributed by atoms with Gasteiger partial charge in [-0.15, -0.1) is 0 Å². The van der Waals surface area contributed by atoms with Gasteiger partial charge in [0.05, 0.1) is 0 Å². The highest BCUT2D eigenvalue weighted by atomic mass is 15.2. The molecule has 0 saturated heterocycles. The molecular formula is C10H19N3. The van der Waals surface area contributed by atoms with E-state index in [0.717, 1.165) is 19.3 Å². The minimum absolute atomic E-state index is 0.241. The van der Waals surface area contributed by atoms with Crippen molar-refractivity contribution >= 4 is 5.82 Å². The van der Waals surface area contributed by atoms with Crippen molar-refractivity contribution in [1.82, 2.24) is 10.2 Å². The molecule has 74 valence electrons. The van der Waals surface area contributed by atoms with Gasteiger partial charge < -0.3 is 5.73 Å². The lowest BCUT2D eigenvalue weighted by Crippen LogP contribution is -2.23. The Hall–Kier alpha value is -0.990.